The molecule has 4 nitrogen and oxygen atoms in total. The second-order valence-electron chi connectivity index (χ2n) is 7.81. The molecule has 1 saturated carbocycles. The maximum Gasteiger partial charge on any atom is 0.194 e. The van der Waals surface area contributed by atoms with Gasteiger partial charge in [0.1, 0.15) is 0 Å². The van der Waals surface area contributed by atoms with Crippen molar-refractivity contribution in [2.24, 2.45) is 15.8 Å². The summed E-state index contributed by atoms with van der Waals surface area (Å²) in [6.07, 6.45) is 5.73. The highest BCUT2D eigenvalue weighted by molar-refractivity contribution is 5.80. The Balaban J connectivity index is 1.99. The summed E-state index contributed by atoms with van der Waals surface area (Å²) in [7, 11) is 1.79. The topological polar surface area (TPSA) is 36.9 Å². The molecule has 1 heterocycles. The monoisotopic (exact) mass is 295 g/mol. The van der Waals surface area contributed by atoms with Gasteiger partial charge < -0.3 is 15.0 Å². The molecule has 1 aliphatic carbocycles. The summed E-state index contributed by atoms with van der Waals surface area (Å²) >= 11 is 0. The van der Waals surface area contributed by atoms with E-state index in [0.29, 0.717) is 5.41 Å². The highest BCUT2D eigenvalue weighted by atomic mass is 16.5. The molecule has 0 bridgehead atoms. The van der Waals surface area contributed by atoms with E-state index < -0.39 is 0 Å². The summed E-state index contributed by atoms with van der Waals surface area (Å²) in [4.78, 5) is 7.32. The molecule has 2 rings (SSSR count). The van der Waals surface area contributed by atoms with Crippen LogP contribution >= 0.6 is 0 Å². The summed E-state index contributed by atoms with van der Waals surface area (Å²) in [5.74, 6) is 1.08. The van der Waals surface area contributed by atoms with Crippen LogP contribution in [0, 0.1) is 10.8 Å². The van der Waals surface area contributed by atoms with E-state index in [4.69, 9.17) is 9.73 Å². The normalized spacial score (nSPS) is 23.3. The molecule has 1 N–H and O–H groups in total. The third kappa shape index (κ3) is 3.91. The first-order valence-electron chi connectivity index (χ1n) is 8.46. The minimum absolute atomic E-state index is 0.121. The molecule has 2 aliphatic rings. The van der Waals surface area contributed by atoms with Gasteiger partial charge in [0.2, 0.25) is 0 Å². The van der Waals surface area contributed by atoms with Gasteiger partial charge in [0.15, 0.2) is 5.96 Å². The summed E-state index contributed by atoms with van der Waals surface area (Å²) in [6.45, 7) is 12.8. The van der Waals surface area contributed by atoms with E-state index in [1.54, 1.807) is 7.11 Å². The number of hydrogen-bond acceptors (Lipinski definition) is 2. The van der Waals surface area contributed by atoms with E-state index in [1.807, 2.05) is 0 Å². The largest absolute Gasteiger partial charge is 0.379 e. The molecule has 0 aromatic carbocycles. The van der Waals surface area contributed by atoms with E-state index in [1.165, 1.54) is 32.2 Å². The van der Waals surface area contributed by atoms with Crippen LogP contribution in [0.2, 0.25) is 0 Å². The van der Waals surface area contributed by atoms with Gasteiger partial charge in [0.25, 0.3) is 0 Å². The SMILES string of the molecule is CCNC(=NCC(OC)C(C)(C)C)N1CCC2(CCC2)C1. The molecule has 1 unspecified atom stereocenters. The van der Waals surface area contributed by atoms with Gasteiger partial charge in [0, 0.05) is 26.7 Å². The van der Waals surface area contributed by atoms with Crippen molar-refractivity contribution in [1.29, 1.82) is 0 Å². The van der Waals surface area contributed by atoms with Gasteiger partial charge in [-0.1, -0.05) is 27.2 Å². The van der Waals surface area contributed by atoms with E-state index >= 15 is 0 Å². The molecule has 0 aromatic rings. The zero-order valence-corrected chi connectivity index (χ0v) is 14.5. The predicted molar refractivity (Wildman–Crippen MR) is 88.7 cm³/mol. The van der Waals surface area contributed by atoms with Crippen molar-refractivity contribution >= 4 is 5.96 Å². The molecular weight excluding hydrogens is 262 g/mol. The zero-order valence-electron chi connectivity index (χ0n) is 14.5. The number of hydrogen-bond donors (Lipinski definition) is 1. The highest BCUT2D eigenvalue weighted by Gasteiger charge is 2.43. The van der Waals surface area contributed by atoms with Crippen LogP contribution in [0.15, 0.2) is 4.99 Å². The Bertz CT molecular complexity index is 369. The van der Waals surface area contributed by atoms with Gasteiger partial charge in [-0.25, -0.2) is 0 Å². The quantitative estimate of drug-likeness (QED) is 0.640. The molecule has 0 amide bonds. The molecule has 21 heavy (non-hydrogen) atoms. The number of guanidine groups is 1. The zero-order chi connectivity index (χ0) is 15.5. The van der Waals surface area contributed by atoms with Crippen LogP contribution in [0.5, 0.6) is 0 Å². The average molecular weight is 295 g/mol. The Kier molecular flexibility index (Phi) is 5.18. The molecule has 1 atom stereocenters. The van der Waals surface area contributed by atoms with Gasteiger partial charge in [-0.2, -0.15) is 0 Å². The third-order valence-corrected chi connectivity index (χ3v) is 5.14. The van der Waals surface area contributed by atoms with Crippen LogP contribution in [-0.2, 0) is 4.74 Å². The lowest BCUT2D eigenvalue weighted by atomic mass is 9.68. The second-order valence-corrected chi connectivity index (χ2v) is 7.81. The van der Waals surface area contributed by atoms with Crippen molar-refractivity contribution in [3.63, 3.8) is 0 Å². The molecule has 1 aliphatic heterocycles. The number of ether oxygens (including phenoxy) is 1. The summed E-state index contributed by atoms with van der Waals surface area (Å²) < 4.78 is 5.63. The highest BCUT2D eigenvalue weighted by Crippen LogP contribution is 2.47. The van der Waals surface area contributed by atoms with Crippen molar-refractivity contribution in [1.82, 2.24) is 10.2 Å². The molecule has 0 aromatic heterocycles. The maximum atomic E-state index is 5.63. The number of methoxy groups -OCH3 is 1. The number of rotatable bonds is 4. The first-order chi connectivity index (χ1) is 9.90. The summed E-state index contributed by atoms with van der Waals surface area (Å²) in [5.41, 5.74) is 0.733. The Morgan fingerprint density at radius 3 is 2.48 bits per heavy atom. The summed E-state index contributed by atoms with van der Waals surface area (Å²) in [6, 6.07) is 0. The Hall–Kier alpha value is -0.770. The fourth-order valence-electron chi connectivity index (χ4n) is 3.50. The fourth-order valence-corrected chi connectivity index (χ4v) is 3.50. The van der Waals surface area contributed by atoms with Crippen molar-refractivity contribution in [3.8, 4) is 0 Å². The van der Waals surface area contributed by atoms with Crippen LogP contribution in [0.4, 0.5) is 0 Å². The van der Waals surface area contributed by atoms with Crippen molar-refractivity contribution in [2.45, 2.75) is 59.5 Å². The van der Waals surface area contributed by atoms with Crippen LogP contribution in [-0.4, -0.2) is 50.3 Å². The van der Waals surface area contributed by atoms with Gasteiger partial charge in [-0.3, -0.25) is 4.99 Å². The van der Waals surface area contributed by atoms with E-state index in [9.17, 15) is 0 Å². The third-order valence-electron chi connectivity index (χ3n) is 5.14. The van der Waals surface area contributed by atoms with Crippen molar-refractivity contribution < 1.29 is 4.74 Å². The van der Waals surface area contributed by atoms with Crippen molar-refractivity contribution in [2.75, 3.05) is 33.3 Å². The van der Waals surface area contributed by atoms with E-state index in [-0.39, 0.29) is 11.5 Å². The molecular formula is C17H33N3O. The predicted octanol–water partition coefficient (Wildman–Crippen LogP) is 2.89. The minimum Gasteiger partial charge on any atom is -0.379 e. The lowest BCUT2D eigenvalue weighted by Gasteiger charge is -2.38. The number of nitrogens with one attached hydrogen (secondary N) is 1. The smallest absolute Gasteiger partial charge is 0.194 e. The molecule has 1 saturated heterocycles. The number of aliphatic imine (C=N–C) groups is 1. The first kappa shape index (κ1) is 16.6. The average Bonchev–Trinajstić information content (AvgIpc) is 2.81. The van der Waals surface area contributed by atoms with E-state index in [0.717, 1.165) is 25.6 Å². The van der Waals surface area contributed by atoms with Crippen molar-refractivity contribution in [3.05, 3.63) is 0 Å². The first-order valence-corrected chi connectivity index (χ1v) is 8.46. The van der Waals surface area contributed by atoms with E-state index in [2.05, 4.69) is 37.9 Å². The van der Waals surface area contributed by atoms with Crippen LogP contribution < -0.4 is 5.32 Å². The van der Waals surface area contributed by atoms with Gasteiger partial charge >= 0.3 is 0 Å². The number of likely N-dealkylation sites (tertiary alicyclic amines) is 1. The van der Waals surface area contributed by atoms with Crippen LogP contribution in [0.1, 0.15) is 53.4 Å². The standard InChI is InChI=1S/C17H33N3O/c1-6-18-15(19-12-14(21-5)16(2,3)4)20-11-10-17(13-20)8-7-9-17/h14H,6-13H2,1-5H3,(H,18,19). The molecule has 2 fully saturated rings. The van der Waals surface area contributed by atoms with Gasteiger partial charge in [-0.05, 0) is 37.0 Å². The fraction of sp³-hybridized carbons (Fsp3) is 0.941. The van der Waals surface area contributed by atoms with Crippen LogP contribution in [0.3, 0.4) is 0 Å². The molecule has 1 spiro atoms. The molecule has 122 valence electrons. The minimum atomic E-state index is 0.121. The van der Waals surface area contributed by atoms with Crippen LogP contribution in [0.25, 0.3) is 0 Å². The van der Waals surface area contributed by atoms with Gasteiger partial charge in [-0.15, -0.1) is 0 Å². The summed E-state index contributed by atoms with van der Waals surface area (Å²) in [5, 5.41) is 3.46. The Morgan fingerprint density at radius 2 is 2.05 bits per heavy atom. The lowest BCUT2D eigenvalue weighted by Crippen LogP contribution is -2.43. The molecule has 0 radical (unpaired) electrons. The molecule has 4 heteroatoms. The maximum absolute atomic E-state index is 5.63. The Morgan fingerprint density at radius 1 is 1.33 bits per heavy atom. The Labute approximate surface area is 130 Å². The number of nitrogens with zero attached hydrogens (tertiary/aromatic N) is 2. The van der Waals surface area contributed by atoms with Gasteiger partial charge in [0.05, 0.1) is 12.6 Å². The lowest BCUT2D eigenvalue weighted by molar-refractivity contribution is 0.0239. The second kappa shape index (κ2) is 6.55.